The van der Waals surface area contributed by atoms with Crippen molar-refractivity contribution < 1.29 is 19.2 Å². The molecule has 0 aliphatic heterocycles. The van der Waals surface area contributed by atoms with Gasteiger partial charge in [-0.15, -0.1) is 0 Å². The standard InChI is InChI=1S/C17H17NO5/c1-3-22-16-9-8-13(10-15(16)18(20)21)17(19)23-11-14-7-5-4-6-12(14)2/h4-10H,3,11H2,1-2H3. The van der Waals surface area contributed by atoms with E-state index in [9.17, 15) is 14.9 Å². The van der Waals surface area contributed by atoms with Crippen LogP contribution in [0.2, 0.25) is 0 Å². The average molecular weight is 315 g/mol. The van der Waals surface area contributed by atoms with E-state index in [1.165, 1.54) is 18.2 Å². The summed E-state index contributed by atoms with van der Waals surface area (Å²) in [5.41, 5.74) is 1.77. The van der Waals surface area contributed by atoms with Crippen LogP contribution in [-0.4, -0.2) is 17.5 Å². The molecule has 2 rings (SSSR count). The third kappa shape index (κ3) is 4.06. The molecule has 0 fully saturated rings. The zero-order valence-corrected chi connectivity index (χ0v) is 12.9. The van der Waals surface area contributed by atoms with Crippen LogP contribution in [0.1, 0.15) is 28.4 Å². The summed E-state index contributed by atoms with van der Waals surface area (Å²) in [7, 11) is 0. The number of rotatable bonds is 6. The highest BCUT2D eigenvalue weighted by molar-refractivity contribution is 5.90. The van der Waals surface area contributed by atoms with Crippen molar-refractivity contribution in [2.45, 2.75) is 20.5 Å². The van der Waals surface area contributed by atoms with Gasteiger partial charge in [-0.3, -0.25) is 10.1 Å². The monoisotopic (exact) mass is 315 g/mol. The van der Waals surface area contributed by atoms with Gasteiger partial charge in [-0.05, 0) is 37.1 Å². The van der Waals surface area contributed by atoms with Crippen molar-refractivity contribution in [2.24, 2.45) is 0 Å². The molecule has 0 saturated carbocycles. The molecule has 0 amide bonds. The van der Waals surface area contributed by atoms with Crippen LogP contribution in [0, 0.1) is 17.0 Å². The lowest BCUT2D eigenvalue weighted by atomic mass is 10.1. The van der Waals surface area contributed by atoms with Crippen molar-refractivity contribution >= 4 is 11.7 Å². The van der Waals surface area contributed by atoms with Gasteiger partial charge in [0.05, 0.1) is 17.1 Å². The number of carbonyl (C=O) groups excluding carboxylic acids is 1. The Labute approximate surface area is 133 Å². The van der Waals surface area contributed by atoms with Crippen molar-refractivity contribution in [3.05, 3.63) is 69.3 Å². The number of esters is 1. The van der Waals surface area contributed by atoms with E-state index in [2.05, 4.69) is 0 Å². The van der Waals surface area contributed by atoms with Crippen molar-refractivity contribution in [2.75, 3.05) is 6.61 Å². The summed E-state index contributed by atoms with van der Waals surface area (Å²) in [6.07, 6.45) is 0. The lowest BCUT2D eigenvalue weighted by molar-refractivity contribution is -0.385. The Morgan fingerprint density at radius 1 is 1.22 bits per heavy atom. The molecule has 120 valence electrons. The second-order valence-electron chi connectivity index (χ2n) is 4.88. The minimum Gasteiger partial charge on any atom is -0.487 e. The predicted octanol–water partition coefficient (Wildman–Crippen LogP) is 3.66. The van der Waals surface area contributed by atoms with Crippen molar-refractivity contribution in [3.8, 4) is 5.75 Å². The van der Waals surface area contributed by atoms with Gasteiger partial charge in [0.25, 0.3) is 0 Å². The maximum atomic E-state index is 12.1. The summed E-state index contributed by atoms with van der Waals surface area (Å²) in [6.45, 7) is 4.07. The first-order chi connectivity index (χ1) is 11.0. The number of ether oxygens (including phenoxy) is 2. The number of nitro groups is 1. The minimum absolute atomic E-state index is 0.118. The molecule has 0 radical (unpaired) electrons. The van der Waals surface area contributed by atoms with Gasteiger partial charge in [0, 0.05) is 6.07 Å². The molecule has 0 heterocycles. The second kappa shape index (κ2) is 7.40. The van der Waals surface area contributed by atoms with Crippen LogP contribution in [0.3, 0.4) is 0 Å². The van der Waals surface area contributed by atoms with E-state index in [0.717, 1.165) is 11.1 Å². The Bertz CT molecular complexity index is 727. The van der Waals surface area contributed by atoms with Crippen molar-refractivity contribution in [3.63, 3.8) is 0 Å². The maximum Gasteiger partial charge on any atom is 0.338 e. The number of carbonyl (C=O) groups is 1. The van der Waals surface area contributed by atoms with Crippen LogP contribution < -0.4 is 4.74 Å². The molecule has 0 aliphatic rings. The van der Waals surface area contributed by atoms with Gasteiger partial charge >= 0.3 is 11.7 Å². The fourth-order valence-corrected chi connectivity index (χ4v) is 2.06. The molecule has 0 spiro atoms. The first-order valence-electron chi connectivity index (χ1n) is 7.15. The fourth-order valence-electron chi connectivity index (χ4n) is 2.06. The molecule has 0 atom stereocenters. The van der Waals surface area contributed by atoms with Gasteiger partial charge in [0.2, 0.25) is 0 Å². The first kappa shape index (κ1) is 16.5. The van der Waals surface area contributed by atoms with Crippen LogP contribution in [0.15, 0.2) is 42.5 Å². The van der Waals surface area contributed by atoms with E-state index in [0.29, 0.717) is 6.61 Å². The normalized spacial score (nSPS) is 10.2. The van der Waals surface area contributed by atoms with E-state index >= 15 is 0 Å². The maximum absolute atomic E-state index is 12.1. The van der Waals surface area contributed by atoms with Crippen LogP contribution in [0.25, 0.3) is 0 Å². The third-order valence-electron chi connectivity index (χ3n) is 3.31. The summed E-state index contributed by atoms with van der Waals surface area (Å²) >= 11 is 0. The molecule has 6 heteroatoms. The molecule has 2 aromatic carbocycles. The number of nitrogens with zero attached hydrogens (tertiary/aromatic N) is 1. The van der Waals surface area contributed by atoms with E-state index in [1.807, 2.05) is 31.2 Å². The Kier molecular flexibility index (Phi) is 5.30. The molecule has 2 aromatic rings. The number of benzene rings is 2. The third-order valence-corrected chi connectivity index (χ3v) is 3.31. The number of aryl methyl sites for hydroxylation is 1. The van der Waals surface area contributed by atoms with Gasteiger partial charge in [0.1, 0.15) is 6.61 Å². The zero-order chi connectivity index (χ0) is 16.8. The fraction of sp³-hybridized carbons (Fsp3) is 0.235. The van der Waals surface area contributed by atoms with Gasteiger partial charge < -0.3 is 9.47 Å². The van der Waals surface area contributed by atoms with Crippen molar-refractivity contribution in [1.29, 1.82) is 0 Å². The molecule has 0 aromatic heterocycles. The molecule has 0 aliphatic carbocycles. The lowest BCUT2D eigenvalue weighted by Gasteiger charge is -2.08. The van der Waals surface area contributed by atoms with Gasteiger partial charge in [-0.2, -0.15) is 0 Å². The predicted molar refractivity (Wildman–Crippen MR) is 84.6 cm³/mol. The molecular formula is C17H17NO5. The van der Waals surface area contributed by atoms with Crippen LogP contribution in [0.5, 0.6) is 5.75 Å². The Balaban J connectivity index is 2.15. The summed E-state index contributed by atoms with van der Waals surface area (Å²) in [5.74, 6) is -0.479. The SMILES string of the molecule is CCOc1ccc(C(=O)OCc2ccccc2C)cc1[N+](=O)[O-]. The number of nitro benzene ring substituents is 1. The van der Waals surface area contributed by atoms with Crippen LogP contribution in [-0.2, 0) is 11.3 Å². The number of hydrogen-bond acceptors (Lipinski definition) is 5. The molecule has 0 N–H and O–H groups in total. The largest absolute Gasteiger partial charge is 0.487 e. The quantitative estimate of drug-likeness (QED) is 0.462. The average Bonchev–Trinajstić information content (AvgIpc) is 2.54. The highest BCUT2D eigenvalue weighted by Crippen LogP contribution is 2.28. The molecule has 23 heavy (non-hydrogen) atoms. The van der Waals surface area contributed by atoms with E-state index in [1.54, 1.807) is 6.92 Å². The summed E-state index contributed by atoms with van der Waals surface area (Å²) in [4.78, 5) is 22.6. The van der Waals surface area contributed by atoms with Crippen molar-refractivity contribution in [1.82, 2.24) is 0 Å². The molecule has 0 saturated heterocycles. The first-order valence-corrected chi connectivity index (χ1v) is 7.15. The number of hydrogen-bond donors (Lipinski definition) is 0. The zero-order valence-electron chi connectivity index (χ0n) is 12.9. The molecule has 6 nitrogen and oxygen atoms in total. The Morgan fingerprint density at radius 2 is 1.96 bits per heavy atom. The molecular weight excluding hydrogens is 298 g/mol. The minimum atomic E-state index is -0.612. The second-order valence-corrected chi connectivity index (χ2v) is 4.88. The molecule has 0 unspecified atom stereocenters. The summed E-state index contributed by atoms with van der Waals surface area (Å²) in [6, 6.07) is 11.6. The van der Waals surface area contributed by atoms with Gasteiger partial charge in [-0.1, -0.05) is 24.3 Å². The summed E-state index contributed by atoms with van der Waals surface area (Å²) < 4.78 is 10.4. The highest BCUT2D eigenvalue weighted by Gasteiger charge is 2.19. The van der Waals surface area contributed by atoms with E-state index in [-0.39, 0.29) is 23.6 Å². The summed E-state index contributed by atoms with van der Waals surface area (Å²) in [5, 5.41) is 11.1. The van der Waals surface area contributed by atoms with Crippen LogP contribution in [0.4, 0.5) is 5.69 Å². The molecule has 0 bridgehead atoms. The smallest absolute Gasteiger partial charge is 0.338 e. The van der Waals surface area contributed by atoms with Gasteiger partial charge in [-0.25, -0.2) is 4.79 Å². The highest BCUT2D eigenvalue weighted by atomic mass is 16.6. The van der Waals surface area contributed by atoms with Gasteiger partial charge in [0.15, 0.2) is 5.75 Å². The topological polar surface area (TPSA) is 78.7 Å². The Morgan fingerprint density at radius 3 is 2.61 bits per heavy atom. The van der Waals surface area contributed by atoms with E-state index < -0.39 is 10.9 Å². The lowest BCUT2D eigenvalue weighted by Crippen LogP contribution is -2.07. The van der Waals surface area contributed by atoms with Crippen LogP contribution >= 0.6 is 0 Å². The van der Waals surface area contributed by atoms with E-state index in [4.69, 9.17) is 9.47 Å². The Hall–Kier alpha value is -2.89.